The number of carbonyl (C=O) groups is 2. The van der Waals surface area contributed by atoms with E-state index in [0.717, 1.165) is 0 Å². The molecule has 1 aromatic rings. The van der Waals surface area contributed by atoms with E-state index in [1.807, 2.05) is 13.8 Å². The summed E-state index contributed by atoms with van der Waals surface area (Å²) in [5, 5.41) is 0. The monoisotopic (exact) mass is 400 g/mol. The van der Waals surface area contributed by atoms with Gasteiger partial charge in [0.05, 0.1) is 25.2 Å². The molecule has 0 heterocycles. The number of rotatable bonds is 7. The molecule has 1 aliphatic carbocycles. The third-order valence-corrected chi connectivity index (χ3v) is 5.22. The molecule has 0 N–H and O–H groups in total. The fourth-order valence-corrected chi connectivity index (χ4v) is 3.30. The molecule has 1 aliphatic rings. The highest BCUT2D eigenvalue weighted by atomic mass is 19.2. The van der Waals surface area contributed by atoms with Crippen LogP contribution in [0.25, 0.3) is 0 Å². The second kappa shape index (κ2) is 8.34. The minimum absolute atomic E-state index is 0.143. The fourth-order valence-electron chi connectivity index (χ4n) is 3.30. The highest BCUT2D eigenvalue weighted by Crippen LogP contribution is 2.59. The molecule has 0 aliphatic heterocycles. The minimum Gasteiger partial charge on any atom is -0.466 e. The molecule has 8 heteroatoms. The van der Waals surface area contributed by atoms with Crippen molar-refractivity contribution in [3.05, 3.63) is 46.3 Å². The van der Waals surface area contributed by atoms with E-state index < -0.39 is 59.5 Å². The van der Waals surface area contributed by atoms with Crippen molar-refractivity contribution in [1.82, 2.24) is 0 Å². The molecule has 0 spiro atoms. The van der Waals surface area contributed by atoms with E-state index in [9.17, 15) is 22.8 Å². The molecular weight excluding hydrogens is 377 g/mol. The molecule has 0 radical (unpaired) electrons. The van der Waals surface area contributed by atoms with Crippen LogP contribution in [-0.2, 0) is 37.0 Å². The van der Waals surface area contributed by atoms with Gasteiger partial charge in [0, 0.05) is 18.7 Å². The highest BCUT2D eigenvalue weighted by molar-refractivity contribution is 5.83. The van der Waals surface area contributed by atoms with Crippen molar-refractivity contribution >= 4 is 11.9 Å². The minimum atomic E-state index is -1.36. The Morgan fingerprint density at radius 1 is 1.04 bits per heavy atom. The molecule has 1 saturated carbocycles. The molecule has 0 amide bonds. The summed E-state index contributed by atoms with van der Waals surface area (Å²) in [7, 11) is 2.48. The van der Waals surface area contributed by atoms with Gasteiger partial charge in [-0.05, 0) is 23.8 Å². The average molecular weight is 400 g/mol. The Labute approximate surface area is 161 Å². The summed E-state index contributed by atoms with van der Waals surface area (Å²) in [5.74, 6) is -5.56. The summed E-state index contributed by atoms with van der Waals surface area (Å²) in [6.07, 6.45) is 2.78. The van der Waals surface area contributed by atoms with Crippen LogP contribution in [0.2, 0.25) is 0 Å². The first kappa shape index (κ1) is 21.9. The number of hydrogen-bond donors (Lipinski definition) is 0. The number of allylic oxidation sites excluding steroid dienone is 1. The van der Waals surface area contributed by atoms with Gasteiger partial charge in [-0.2, -0.15) is 0 Å². The summed E-state index contributed by atoms with van der Waals surface area (Å²) in [6.45, 7) is 3.90. The summed E-state index contributed by atoms with van der Waals surface area (Å²) < 4.78 is 57.0. The molecular formula is C20H23F3O5. The lowest BCUT2D eigenvalue weighted by Gasteiger charge is -2.14. The van der Waals surface area contributed by atoms with E-state index in [1.165, 1.54) is 27.2 Å². The van der Waals surface area contributed by atoms with Crippen molar-refractivity contribution in [2.45, 2.75) is 34.0 Å². The predicted octanol–water partition coefficient (Wildman–Crippen LogP) is 3.60. The Kier molecular flexibility index (Phi) is 6.54. The van der Waals surface area contributed by atoms with Gasteiger partial charge in [0.25, 0.3) is 0 Å². The van der Waals surface area contributed by atoms with Gasteiger partial charge in [-0.1, -0.05) is 19.9 Å². The van der Waals surface area contributed by atoms with E-state index in [-0.39, 0.29) is 17.0 Å². The van der Waals surface area contributed by atoms with Crippen LogP contribution < -0.4 is 0 Å². The van der Waals surface area contributed by atoms with Crippen molar-refractivity contribution in [3.8, 4) is 0 Å². The highest BCUT2D eigenvalue weighted by Gasteiger charge is 2.61. The first-order valence-corrected chi connectivity index (χ1v) is 8.64. The van der Waals surface area contributed by atoms with Crippen molar-refractivity contribution in [1.29, 1.82) is 0 Å². The average Bonchev–Trinajstić information content (AvgIpc) is 3.21. The van der Waals surface area contributed by atoms with Crippen LogP contribution in [0.3, 0.4) is 0 Å². The molecule has 0 saturated heterocycles. The number of benzene rings is 1. The second-order valence-electron chi connectivity index (χ2n) is 7.27. The van der Waals surface area contributed by atoms with Gasteiger partial charge in [0.1, 0.15) is 12.4 Å². The van der Waals surface area contributed by atoms with Crippen molar-refractivity contribution < 1.29 is 37.0 Å². The van der Waals surface area contributed by atoms with Crippen LogP contribution in [0.15, 0.2) is 12.2 Å². The number of carbonyl (C=O) groups excluding carboxylic acids is 2. The third-order valence-electron chi connectivity index (χ3n) is 5.22. The van der Waals surface area contributed by atoms with Gasteiger partial charge in [0.2, 0.25) is 0 Å². The second-order valence-corrected chi connectivity index (χ2v) is 7.27. The maximum Gasteiger partial charge on any atom is 0.330 e. The maximum absolute atomic E-state index is 14.3. The third kappa shape index (κ3) is 4.06. The van der Waals surface area contributed by atoms with E-state index in [0.29, 0.717) is 0 Å². The van der Waals surface area contributed by atoms with Gasteiger partial charge in [-0.3, -0.25) is 4.79 Å². The smallest absolute Gasteiger partial charge is 0.330 e. The van der Waals surface area contributed by atoms with Gasteiger partial charge >= 0.3 is 11.9 Å². The van der Waals surface area contributed by atoms with Crippen molar-refractivity contribution in [2.24, 2.45) is 17.3 Å². The Bertz CT molecular complexity index is 788. The standard InChI is InChI=1S/C20H23F3O5/c1-10-11(17(22)18(23)12(8-26-4)16(10)21)9-28-19(25)15-13(20(15,2)3)6-7-14(24)27-5/h6-7,13,15H,8-9H2,1-5H3/b7-6-/t13-,15-/m0/s1. The van der Waals surface area contributed by atoms with Crippen LogP contribution in [0.1, 0.15) is 30.5 Å². The zero-order valence-corrected chi connectivity index (χ0v) is 16.4. The van der Waals surface area contributed by atoms with Crippen LogP contribution in [0.5, 0.6) is 0 Å². The molecule has 0 aromatic heterocycles. The van der Waals surface area contributed by atoms with E-state index >= 15 is 0 Å². The Hall–Kier alpha value is -2.35. The van der Waals surface area contributed by atoms with Crippen LogP contribution in [0.4, 0.5) is 13.2 Å². The SMILES string of the molecule is COCc1c(F)c(C)c(COC(=O)[C@@H]2[C@H](/C=C\C(=O)OC)C2(C)C)c(F)c1F. The fraction of sp³-hybridized carbons (Fsp3) is 0.500. The lowest BCUT2D eigenvalue weighted by Crippen LogP contribution is -2.14. The number of ether oxygens (including phenoxy) is 3. The largest absolute Gasteiger partial charge is 0.466 e. The maximum atomic E-state index is 14.3. The molecule has 0 bridgehead atoms. The number of methoxy groups -OCH3 is 2. The first-order chi connectivity index (χ1) is 13.1. The summed E-state index contributed by atoms with van der Waals surface area (Å²) in [5.41, 5.74) is -1.48. The van der Waals surface area contributed by atoms with Crippen LogP contribution >= 0.6 is 0 Å². The van der Waals surface area contributed by atoms with Gasteiger partial charge < -0.3 is 14.2 Å². The van der Waals surface area contributed by atoms with Gasteiger partial charge in [0.15, 0.2) is 11.6 Å². The molecule has 1 fully saturated rings. The molecule has 2 atom stereocenters. The number of esters is 2. The summed E-state index contributed by atoms with van der Waals surface area (Å²) in [6, 6.07) is 0. The Morgan fingerprint density at radius 3 is 2.21 bits per heavy atom. The van der Waals surface area contributed by atoms with Crippen molar-refractivity contribution in [3.63, 3.8) is 0 Å². The molecule has 2 rings (SSSR count). The Morgan fingerprint density at radius 2 is 1.64 bits per heavy atom. The van der Waals surface area contributed by atoms with E-state index in [4.69, 9.17) is 4.74 Å². The topological polar surface area (TPSA) is 61.8 Å². The predicted molar refractivity (Wildman–Crippen MR) is 93.5 cm³/mol. The molecule has 1 aromatic carbocycles. The normalized spacial score (nSPS) is 20.3. The zero-order chi connectivity index (χ0) is 21.2. The van der Waals surface area contributed by atoms with Crippen molar-refractivity contribution in [2.75, 3.05) is 14.2 Å². The van der Waals surface area contributed by atoms with E-state index in [2.05, 4.69) is 9.47 Å². The Balaban J connectivity index is 2.13. The number of hydrogen-bond acceptors (Lipinski definition) is 5. The van der Waals surface area contributed by atoms with Gasteiger partial charge in [-0.25, -0.2) is 18.0 Å². The summed E-state index contributed by atoms with van der Waals surface area (Å²) in [4.78, 5) is 23.6. The molecule has 5 nitrogen and oxygen atoms in total. The van der Waals surface area contributed by atoms with Crippen LogP contribution in [-0.4, -0.2) is 26.2 Å². The first-order valence-electron chi connectivity index (χ1n) is 8.64. The lowest BCUT2D eigenvalue weighted by molar-refractivity contribution is -0.147. The van der Waals surface area contributed by atoms with E-state index in [1.54, 1.807) is 6.08 Å². The lowest BCUT2D eigenvalue weighted by atomic mass is 10.0. The van der Waals surface area contributed by atoms with Crippen LogP contribution in [0, 0.1) is 41.6 Å². The molecule has 28 heavy (non-hydrogen) atoms. The quantitative estimate of drug-likeness (QED) is 0.398. The number of halogens is 3. The summed E-state index contributed by atoms with van der Waals surface area (Å²) >= 11 is 0. The van der Waals surface area contributed by atoms with Gasteiger partial charge in [-0.15, -0.1) is 0 Å². The zero-order valence-electron chi connectivity index (χ0n) is 16.4. The molecule has 0 unspecified atom stereocenters. The molecule has 154 valence electrons.